The number of benzene rings is 1. The molecular weight excluding hydrogens is 204 g/mol. The lowest BCUT2D eigenvalue weighted by atomic mass is 10.2. The van der Waals surface area contributed by atoms with Gasteiger partial charge in [-0.2, -0.15) is 0 Å². The zero-order valence-electron chi connectivity index (χ0n) is 8.92. The molecule has 0 aliphatic heterocycles. The van der Waals surface area contributed by atoms with Gasteiger partial charge in [-0.3, -0.25) is 0 Å². The minimum atomic E-state index is 0.780. The molecule has 1 aromatic rings. The highest BCUT2D eigenvalue weighted by Crippen LogP contribution is 2.17. The number of aryl methyl sites for hydroxylation is 1. The zero-order valence-corrected chi connectivity index (χ0v) is 9.73. The Morgan fingerprint density at radius 3 is 3.00 bits per heavy atom. The number of rotatable bonds is 5. The minimum absolute atomic E-state index is 0.780. The van der Waals surface area contributed by atoms with Crippen LogP contribution in [0.3, 0.4) is 0 Å². The van der Waals surface area contributed by atoms with Crippen LogP contribution >= 0.6 is 11.8 Å². The van der Waals surface area contributed by atoms with Gasteiger partial charge >= 0.3 is 0 Å². The lowest BCUT2D eigenvalue weighted by Crippen LogP contribution is -2.05. The summed E-state index contributed by atoms with van der Waals surface area (Å²) in [4.78, 5) is 0. The Morgan fingerprint density at radius 2 is 2.33 bits per heavy atom. The minimum Gasteiger partial charge on any atom is -0.399 e. The summed E-state index contributed by atoms with van der Waals surface area (Å²) in [5.74, 6) is 4.41. The smallest absolute Gasteiger partial charge is 0.0545 e. The second-order valence-electron chi connectivity index (χ2n) is 3.26. The van der Waals surface area contributed by atoms with E-state index in [9.17, 15) is 0 Å². The molecule has 0 atom stereocenters. The van der Waals surface area contributed by atoms with Crippen LogP contribution in [-0.4, -0.2) is 18.1 Å². The third-order valence-electron chi connectivity index (χ3n) is 2.00. The predicted octanol–water partition coefficient (Wildman–Crippen LogP) is 2.36. The Balaban J connectivity index is 2.35. The first kappa shape index (κ1) is 11.8. The van der Waals surface area contributed by atoms with Gasteiger partial charge in [0, 0.05) is 23.7 Å². The van der Waals surface area contributed by atoms with E-state index in [1.807, 2.05) is 25.1 Å². The standard InChI is InChI=1S/C12H16N2S/c1-3-7-15-8-6-14-12-5-4-11(13)9-10(12)2/h1,4-5,9,14H,6-8,13H2,2H3. The normalized spacial score (nSPS) is 9.60. The third kappa shape index (κ3) is 4.18. The molecule has 0 amide bonds. The molecule has 0 aliphatic carbocycles. The quantitative estimate of drug-likeness (QED) is 0.454. The van der Waals surface area contributed by atoms with Gasteiger partial charge in [0.05, 0.1) is 5.75 Å². The first-order valence-corrected chi connectivity index (χ1v) is 6.00. The lowest BCUT2D eigenvalue weighted by Gasteiger charge is -2.09. The van der Waals surface area contributed by atoms with Crippen LogP contribution in [0, 0.1) is 19.3 Å². The average Bonchev–Trinajstić information content (AvgIpc) is 2.20. The average molecular weight is 220 g/mol. The van der Waals surface area contributed by atoms with Crippen molar-refractivity contribution in [3.8, 4) is 12.3 Å². The number of nitrogens with two attached hydrogens (primary N) is 1. The summed E-state index contributed by atoms with van der Waals surface area (Å²) in [6.45, 7) is 2.98. The Kier molecular flexibility index (Phi) is 4.92. The molecule has 15 heavy (non-hydrogen) atoms. The van der Waals surface area contributed by atoms with Crippen molar-refractivity contribution < 1.29 is 0 Å². The molecule has 0 spiro atoms. The maximum atomic E-state index is 5.67. The Hall–Kier alpha value is -1.27. The SMILES string of the molecule is C#CCSCCNc1ccc(N)cc1C. The number of hydrogen-bond donors (Lipinski definition) is 2. The number of anilines is 2. The molecule has 80 valence electrons. The van der Waals surface area contributed by atoms with Crippen LogP contribution in [0.4, 0.5) is 11.4 Å². The molecule has 0 heterocycles. The summed E-state index contributed by atoms with van der Waals surface area (Å²) in [5.41, 5.74) is 8.79. The maximum Gasteiger partial charge on any atom is 0.0545 e. The second kappa shape index (κ2) is 6.26. The van der Waals surface area contributed by atoms with Gasteiger partial charge in [-0.15, -0.1) is 18.2 Å². The molecular formula is C12H16N2S. The number of nitrogen functional groups attached to an aromatic ring is 1. The van der Waals surface area contributed by atoms with E-state index in [1.54, 1.807) is 11.8 Å². The van der Waals surface area contributed by atoms with Crippen LogP contribution in [0.15, 0.2) is 18.2 Å². The van der Waals surface area contributed by atoms with Crippen molar-refractivity contribution in [1.82, 2.24) is 0 Å². The molecule has 0 saturated carbocycles. The lowest BCUT2D eigenvalue weighted by molar-refractivity contribution is 1.21. The van der Waals surface area contributed by atoms with Crippen molar-refractivity contribution in [1.29, 1.82) is 0 Å². The molecule has 3 heteroatoms. The predicted molar refractivity (Wildman–Crippen MR) is 70.2 cm³/mol. The number of hydrogen-bond acceptors (Lipinski definition) is 3. The zero-order chi connectivity index (χ0) is 11.1. The van der Waals surface area contributed by atoms with Crippen LogP contribution in [0.25, 0.3) is 0 Å². The van der Waals surface area contributed by atoms with E-state index in [4.69, 9.17) is 12.2 Å². The molecule has 0 unspecified atom stereocenters. The molecule has 3 N–H and O–H groups in total. The van der Waals surface area contributed by atoms with Gasteiger partial charge in [0.25, 0.3) is 0 Å². The first-order valence-electron chi connectivity index (χ1n) is 4.85. The fourth-order valence-electron chi connectivity index (χ4n) is 1.27. The van der Waals surface area contributed by atoms with Gasteiger partial charge in [-0.05, 0) is 30.7 Å². The van der Waals surface area contributed by atoms with E-state index in [0.717, 1.165) is 29.4 Å². The van der Waals surface area contributed by atoms with Crippen LogP contribution in [-0.2, 0) is 0 Å². The van der Waals surface area contributed by atoms with Gasteiger partial charge in [0.2, 0.25) is 0 Å². The topological polar surface area (TPSA) is 38.0 Å². The molecule has 0 saturated heterocycles. The molecule has 0 bridgehead atoms. The molecule has 1 rings (SSSR count). The van der Waals surface area contributed by atoms with Crippen molar-refractivity contribution in [3.05, 3.63) is 23.8 Å². The highest BCUT2D eigenvalue weighted by atomic mass is 32.2. The first-order chi connectivity index (χ1) is 7.24. The van der Waals surface area contributed by atoms with Gasteiger partial charge in [0.1, 0.15) is 0 Å². The van der Waals surface area contributed by atoms with Crippen LogP contribution < -0.4 is 11.1 Å². The van der Waals surface area contributed by atoms with Gasteiger partial charge in [-0.1, -0.05) is 5.92 Å². The van der Waals surface area contributed by atoms with Crippen LogP contribution in [0.1, 0.15) is 5.56 Å². The van der Waals surface area contributed by atoms with Crippen molar-refractivity contribution in [2.24, 2.45) is 0 Å². The van der Waals surface area contributed by atoms with E-state index in [-0.39, 0.29) is 0 Å². The van der Waals surface area contributed by atoms with Crippen LogP contribution in [0.5, 0.6) is 0 Å². The Morgan fingerprint density at radius 1 is 1.53 bits per heavy atom. The molecule has 1 aromatic carbocycles. The highest BCUT2D eigenvalue weighted by Gasteiger charge is 1.97. The van der Waals surface area contributed by atoms with E-state index in [1.165, 1.54) is 5.56 Å². The number of terminal acetylenes is 1. The fraction of sp³-hybridized carbons (Fsp3) is 0.333. The van der Waals surface area contributed by atoms with Crippen molar-refractivity contribution in [2.45, 2.75) is 6.92 Å². The van der Waals surface area contributed by atoms with E-state index in [0.29, 0.717) is 0 Å². The number of nitrogens with one attached hydrogen (secondary N) is 1. The van der Waals surface area contributed by atoms with E-state index < -0.39 is 0 Å². The van der Waals surface area contributed by atoms with Gasteiger partial charge < -0.3 is 11.1 Å². The summed E-state index contributed by atoms with van der Waals surface area (Å²) in [7, 11) is 0. The molecule has 2 nitrogen and oxygen atoms in total. The van der Waals surface area contributed by atoms with Crippen molar-refractivity contribution >= 4 is 23.1 Å². The van der Waals surface area contributed by atoms with E-state index >= 15 is 0 Å². The Labute approximate surface area is 95.6 Å². The third-order valence-corrected chi connectivity index (χ3v) is 2.86. The highest BCUT2D eigenvalue weighted by molar-refractivity contribution is 7.99. The second-order valence-corrected chi connectivity index (χ2v) is 4.36. The summed E-state index contributed by atoms with van der Waals surface area (Å²) < 4.78 is 0. The fourth-order valence-corrected chi connectivity index (χ4v) is 1.78. The molecule has 0 radical (unpaired) electrons. The summed E-state index contributed by atoms with van der Waals surface area (Å²) in [6.07, 6.45) is 5.16. The van der Waals surface area contributed by atoms with Gasteiger partial charge in [0.15, 0.2) is 0 Å². The maximum absolute atomic E-state index is 5.67. The summed E-state index contributed by atoms with van der Waals surface area (Å²) >= 11 is 1.76. The summed E-state index contributed by atoms with van der Waals surface area (Å²) in [5, 5.41) is 3.35. The largest absolute Gasteiger partial charge is 0.399 e. The monoisotopic (exact) mass is 220 g/mol. The molecule has 0 aliphatic rings. The van der Waals surface area contributed by atoms with Gasteiger partial charge in [-0.25, -0.2) is 0 Å². The molecule has 0 aromatic heterocycles. The van der Waals surface area contributed by atoms with E-state index in [2.05, 4.69) is 11.2 Å². The summed E-state index contributed by atoms with van der Waals surface area (Å²) in [6, 6.07) is 5.89. The molecule has 0 fully saturated rings. The van der Waals surface area contributed by atoms with Crippen LogP contribution in [0.2, 0.25) is 0 Å². The number of thioether (sulfide) groups is 1. The van der Waals surface area contributed by atoms with Crippen molar-refractivity contribution in [3.63, 3.8) is 0 Å². The Bertz CT molecular complexity index is 355. The van der Waals surface area contributed by atoms with Crippen molar-refractivity contribution in [2.75, 3.05) is 29.1 Å².